The number of rotatable bonds is 7. The fourth-order valence-corrected chi connectivity index (χ4v) is 1.90. The van der Waals surface area contributed by atoms with Gasteiger partial charge in [-0.2, -0.15) is 0 Å². The molecule has 0 fully saturated rings. The molecule has 0 spiro atoms. The number of pyridine rings is 1. The minimum Gasteiger partial charge on any atom is -0.368 e. The summed E-state index contributed by atoms with van der Waals surface area (Å²) in [7, 11) is 0. The third-order valence-electron chi connectivity index (χ3n) is 2.85. The average molecular weight is 264 g/mol. The van der Waals surface area contributed by atoms with Gasteiger partial charge in [-0.25, -0.2) is 4.98 Å². The van der Waals surface area contributed by atoms with Crippen molar-refractivity contribution in [3.8, 4) is 0 Å². The van der Waals surface area contributed by atoms with Crippen molar-refractivity contribution in [3.05, 3.63) is 23.4 Å². The van der Waals surface area contributed by atoms with Gasteiger partial charge < -0.3 is 16.0 Å². The third kappa shape index (κ3) is 4.87. The summed E-state index contributed by atoms with van der Waals surface area (Å²) < 4.78 is 0. The van der Waals surface area contributed by atoms with E-state index in [-0.39, 0.29) is 12.5 Å². The van der Waals surface area contributed by atoms with Gasteiger partial charge in [0.1, 0.15) is 5.82 Å². The van der Waals surface area contributed by atoms with Gasteiger partial charge in [0.05, 0.1) is 6.54 Å². The quantitative estimate of drug-likeness (QED) is 0.776. The first-order chi connectivity index (χ1) is 8.93. The largest absolute Gasteiger partial charge is 0.368 e. The molecule has 1 rings (SSSR count). The zero-order chi connectivity index (χ0) is 14.4. The normalized spacial score (nSPS) is 10.8. The maximum Gasteiger partial charge on any atom is 0.236 e. The Hall–Kier alpha value is -1.62. The summed E-state index contributed by atoms with van der Waals surface area (Å²) in [4.78, 5) is 17.4. The molecule has 0 aliphatic heterocycles. The molecule has 0 unspecified atom stereocenters. The Labute approximate surface area is 115 Å². The fraction of sp³-hybridized carbons (Fsp3) is 0.571. The smallest absolute Gasteiger partial charge is 0.236 e. The van der Waals surface area contributed by atoms with Gasteiger partial charge in [-0.3, -0.25) is 4.79 Å². The van der Waals surface area contributed by atoms with Crippen molar-refractivity contribution in [1.29, 1.82) is 0 Å². The predicted molar refractivity (Wildman–Crippen MR) is 78.0 cm³/mol. The summed E-state index contributed by atoms with van der Waals surface area (Å²) >= 11 is 0. The van der Waals surface area contributed by atoms with E-state index in [0.29, 0.717) is 12.6 Å². The Morgan fingerprint density at radius 1 is 1.53 bits per heavy atom. The van der Waals surface area contributed by atoms with Crippen LogP contribution >= 0.6 is 0 Å². The lowest BCUT2D eigenvalue weighted by molar-refractivity contribution is -0.116. The van der Waals surface area contributed by atoms with Gasteiger partial charge in [0.25, 0.3) is 0 Å². The van der Waals surface area contributed by atoms with E-state index in [4.69, 9.17) is 5.73 Å². The third-order valence-corrected chi connectivity index (χ3v) is 2.85. The molecule has 1 amide bonds. The van der Waals surface area contributed by atoms with Crippen molar-refractivity contribution in [1.82, 2.24) is 10.3 Å². The molecule has 5 nitrogen and oxygen atoms in total. The minimum atomic E-state index is -0.339. The van der Waals surface area contributed by atoms with E-state index in [0.717, 1.165) is 23.5 Å². The van der Waals surface area contributed by atoms with Crippen molar-refractivity contribution in [2.24, 2.45) is 5.73 Å². The molecular formula is C14H24N4O. The van der Waals surface area contributed by atoms with Crippen molar-refractivity contribution < 1.29 is 4.79 Å². The van der Waals surface area contributed by atoms with Gasteiger partial charge in [-0.15, -0.1) is 0 Å². The second-order valence-corrected chi connectivity index (χ2v) is 5.00. The molecule has 0 atom stereocenters. The molecule has 0 radical (unpaired) electrons. The summed E-state index contributed by atoms with van der Waals surface area (Å²) in [5.74, 6) is 0.489. The number of nitrogens with one attached hydrogen (secondary N) is 1. The van der Waals surface area contributed by atoms with Crippen molar-refractivity contribution in [2.75, 3.05) is 18.0 Å². The number of likely N-dealkylation sites (N-methyl/N-ethyl adjacent to an activating group) is 1. The number of carbonyl (C=O) groups excluding carboxylic acids is 1. The Bertz CT molecular complexity index is 431. The number of carbonyl (C=O) groups is 1. The molecular weight excluding hydrogens is 240 g/mol. The second kappa shape index (κ2) is 7.09. The first kappa shape index (κ1) is 15.4. The number of hydrogen-bond acceptors (Lipinski definition) is 4. The van der Waals surface area contributed by atoms with Gasteiger partial charge in [0.15, 0.2) is 0 Å². The Morgan fingerprint density at radius 2 is 2.21 bits per heavy atom. The topological polar surface area (TPSA) is 71.2 Å². The highest BCUT2D eigenvalue weighted by Crippen LogP contribution is 2.17. The number of nitrogens with zero attached hydrogens (tertiary/aromatic N) is 2. The highest BCUT2D eigenvalue weighted by molar-refractivity contribution is 5.79. The molecule has 1 aromatic heterocycles. The van der Waals surface area contributed by atoms with Crippen LogP contribution in [0.15, 0.2) is 12.3 Å². The molecule has 1 aromatic rings. The lowest BCUT2D eigenvalue weighted by atomic mass is 10.2. The molecule has 19 heavy (non-hydrogen) atoms. The summed E-state index contributed by atoms with van der Waals surface area (Å²) in [6.07, 6.45) is 1.85. The first-order valence-corrected chi connectivity index (χ1v) is 6.66. The minimum absolute atomic E-state index is 0.202. The van der Waals surface area contributed by atoms with Crippen molar-refractivity contribution in [2.45, 2.75) is 40.3 Å². The maximum absolute atomic E-state index is 11.0. The standard InChI is InChI=1S/C14H24N4O/c1-5-18(9-13(15)19)14-11(4)6-12(8-17-14)7-16-10(2)3/h6,8,10,16H,5,7,9H2,1-4H3,(H2,15,19). The summed E-state index contributed by atoms with van der Waals surface area (Å²) in [5, 5.41) is 3.36. The lowest BCUT2D eigenvalue weighted by Gasteiger charge is -2.22. The number of primary amides is 1. The van der Waals surface area contributed by atoms with E-state index in [1.165, 1.54) is 0 Å². The van der Waals surface area contributed by atoms with Crippen LogP contribution in [0.2, 0.25) is 0 Å². The van der Waals surface area contributed by atoms with Gasteiger partial charge in [0.2, 0.25) is 5.91 Å². The molecule has 0 saturated carbocycles. The van der Waals surface area contributed by atoms with Gasteiger partial charge in [0, 0.05) is 25.3 Å². The number of anilines is 1. The van der Waals surface area contributed by atoms with Crippen LogP contribution in [0, 0.1) is 6.92 Å². The average Bonchev–Trinajstić information content (AvgIpc) is 2.33. The van der Waals surface area contributed by atoms with E-state index in [1.54, 1.807) is 0 Å². The number of amides is 1. The number of hydrogen-bond donors (Lipinski definition) is 2. The van der Waals surface area contributed by atoms with Crippen molar-refractivity contribution >= 4 is 11.7 Å². The van der Waals surface area contributed by atoms with Crippen molar-refractivity contribution in [3.63, 3.8) is 0 Å². The van der Waals surface area contributed by atoms with E-state index >= 15 is 0 Å². The number of aryl methyl sites for hydroxylation is 1. The summed E-state index contributed by atoms with van der Waals surface area (Å²) in [6.45, 7) is 9.92. The zero-order valence-corrected chi connectivity index (χ0v) is 12.2. The second-order valence-electron chi connectivity index (χ2n) is 5.00. The van der Waals surface area contributed by atoms with Gasteiger partial charge in [-0.1, -0.05) is 13.8 Å². The SMILES string of the molecule is CCN(CC(N)=O)c1ncc(CNC(C)C)cc1C. The Balaban J connectivity index is 2.83. The zero-order valence-electron chi connectivity index (χ0n) is 12.2. The summed E-state index contributed by atoms with van der Waals surface area (Å²) in [5.41, 5.74) is 7.45. The van der Waals surface area contributed by atoms with Gasteiger partial charge in [-0.05, 0) is 31.0 Å². The van der Waals surface area contributed by atoms with Crippen LogP contribution in [0.3, 0.4) is 0 Å². The molecule has 0 aromatic carbocycles. The van der Waals surface area contributed by atoms with Crippen LogP contribution in [0.1, 0.15) is 31.9 Å². The van der Waals surface area contributed by atoms with E-state index in [1.807, 2.05) is 24.9 Å². The molecule has 0 aliphatic rings. The number of nitrogens with two attached hydrogens (primary N) is 1. The fourth-order valence-electron chi connectivity index (χ4n) is 1.90. The van der Waals surface area contributed by atoms with E-state index in [2.05, 4.69) is 30.2 Å². The summed E-state index contributed by atoms with van der Waals surface area (Å²) in [6, 6.07) is 2.54. The molecule has 0 bridgehead atoms. The molecule has 0 saturated heterocycles. The molecule has 0 aliphatic carbocycles. The maximum atomic E-state index is 11.0. The highest BCUT2D eigenvalue weighted by Gasteiger charge is 2.12. The van der Waals surface area contributed by atoms with Crippen LogP contribution in [-0.4, -0.2) is 30.0 Å². The van der Waals surface area contributed by atoms with Crippen LogP contribution in [0.5, 0.6) is 0 Å². The van der Waals surface area contributed by atoms with Crippen LogP contribution < -0.4 is 16.0 Å². The van der Waals surface area contributed by atoms with Crippen LogP contribution in [-0.2, 0) is 11.3 Å². The predicted octanol–water partition coefficient (Wildman–Crippen LogP) is 1.20. The number of aromatic nitrogens is 1. The monoisotopic (exact) mass is 264 g/mol. The van der Waals surface area contributed by atoms with Gasteiger partial charge >= 0.3 is 0 Å². The highest BCUT2D eigenvalue weighted by atomic mass is 16.1. The lowest BCUT2D eigenvalue weighted by Crippen LogP contribution is -2.34. The molecule has 106 valence electrons. The Morgan fingerprint density at radius 3 is 2.68 bits per heavy atom. The van der Waals surface area contributed by atoms with E-state index < -0.39 is 0 Å². The van der Waals surface area contributed by atoms with Crippen LogP contribution in [0.4, 0.5) is 5.82 Å². The molecule has 5 heteroatoms. The van der Waals surface area contributed by atoms with E-state index in [9.17, 15) is 4.79 Å². The molecule has 3 N–H and O–H groups in total. The Kier molecular flexibility index (Phi) is 5.76. The molecule has 1 heterocycles. The first-order valence-electron chi connectivity index (χ1n) is 6.66. The van der Waals surface area contributed by atoms with Crippen LogP contribution in [0.25, 0.3) is 0 Å².